The number of alkyl carbamates (subject to hydrolysis) is 1. The number of carbonyl (C=O) groups is 3. The van der Waals surface area contributed by atoms with Crippen molar-refractivity contribution in [2.45, 2.75) is 58.5 Å². The van der Waals surface area contributed by atoms with Gasteiger partial charge in [0.2, 0.25) is 5.91 Å². The first kappa shape index (κ1) is 24.3. The van der Waals surface area contributed by atoms with E-state index in [1.165, 1.54) is 0 Å². The Bertz CT molecular complexity index is 982. The summed E-state index contributed by atoms with van der Waals surface area (Å²) >= 11 is 0. The van der Waals surface area contributed by atoms with Gasteiger partial charge in [0.1, 0.15) is 12.6 Å². The number of carboxylic acids is 1. The Hall–Kier alpha value is -3.35. The molecule has 3 rings (SSSR count). The number of aliphatic carboxylic acids is 1. The van der Waals surface area contributed by atoms with Crippen LogP contribution in [0.1, 0.15) is 57.6 Å². The zero-order valence-electron chi connectivity index (χ0n) is 19.6. The number of benzene rings is 2. The minimum absolute atomic E-state index is 0.0714. The van der Waals surface area contributed by atoms with Crippen LogP contribution in [0.4, 0.5) is 4.79 Å². The molecule has 7 heteroatoms. The Morgan fingerprint density at radius 2 is 1.52 bits per heavy atom. The van der Waals surface area contributed by atoms with Crippen molar-refractivity contribution in [1.29, 1.82) is 0 Å². The predicted molar refractivity (Wildman–Crippen MR) is 126 cm³/mol. The summed E-state index contributed by atoms with van der Waals surface area (Å²) in [4.78, 5) is 36.5. The van der Waals surface area contributed by atoms with Crippen LogP contribution >= 0.6 is 0 Å². The lowest BCUT2D eigenvalue weighted by Gasteiger charge is -2.31. The highest BCUT2D eigenvalue weighted by atomic mass is 16.5. The maximum absolute atomic E-state index is 12.8. The highest BCUT2D eigenvalue weighted by molar-refractivity contribution is 5.86. The van der Waals surface area contributed by atoms with Crippen molar-refractivity contribution in [1.82, 2.24) is 10.6 Å². The van der Waals surface area contributed by atoms with E-state index >= 15 is 0 Å². The van der Waals surface area contributed by atoms with Gasteiger partial charge in [-0.05, 0) is 34.1 Å². The first-order valence-electron chi connectivity index (χ1n) is 11.3. The second-order valence-electron chi connectivity index (χ2n) is 9.46. The topological polar surface area (TPSA) is 105 Å². The van der Waals surface area contributed by atoms with Gasteiger partial charge >= 0.3 is 12.1 Å². The quantitative estimate of drug-likeness (QED) is 0.554. The molecule has 1 aliphatic carbocycles. The van der Waals surface area contributed by atoms with Crippen LogP contribution in [-0.2, 0) is 14.3 Å². The summed E-state index contributed by atoms with van der Waals surface area (Å²) in [7, 11) is 0. The lowest BCUT2D eigenvalue weighted by molar-refractivity contribution is -0.138. The number of ether oxygens (including phenoxy) is 1. The van der Waals surface area contributed by atoms with Crippen LogP contribution < -0.4 is 10.6 Å². The number of carbonyl (C=O) groups excluding carboxylic acids is 2. The number of nitrogens with one attached hydrogen (secondary N) is 2. The van der Waals surface area contributed by atoms with Gasteiger partial charge in [0.15, 0.2) is 0 Å². The van der Waals surface area contributed by atoms with E-state index in [-0.39, 0.29) is 18.9 Å². The van der Waals surface area contributed by atoms with Gasteiger partial charge in [0.05, 0.1) is 6.42 Å². The molecule has 1 aliphatic rings. The summed E-state index contributed by atoms with van der Waals surface area (Å²) in [5, 5.41) is 14.6. The molecule has 0 aromatic heterocycles. The van der Waals surface area contributed by atoms with Gasteiger partial charge in [-0.1, -0.05) is 76.2 Å². The Morgan fingerprint density at radius 3 is 2.00 bits per heavy atom. The lowest BCUT2D eigenvalue weighted by Crippen LogP contribution is -2.53. The molecule has 0 saturated carbocycles. The Kier molecular flexibility index (Phi) is 7.41. The van der Waals surface area contributed by atoms with Gasteiger partial charge in [-0.15, -0.1) is 0 Å². The van der Waals surface area contributed by atoms with Crippen LogP contribution in [-0.4, -0.2) is 41.8 Å². The van der Waals surface area contributed by atoms with E-state index in [0.29, 0.717) is 6.42 Å². The maximum Gasteiger partial charge on any atom is 0.407 e. The summed E-state index contributed by atoms with van der Waals surface area (Å²) in [5.74, 6) is -1.49. The number of carboxylic acid groups (broad SMARTS) is 1. The molecule has 0 fully saturated rings. The molecular formula is C26H32N2O5. The van der Waals surface area contributed by atoms with Crippen LogP contribution in [0.2, 0.25) is 0 Å². The molecule has 0 spiro atoms. The first-order chi connectivity index (χ1) is 15.6. The molecule has 176 valence electrons. The third-order valence-corrected chi connectivity index (χ3v) is 6.10. The van der Waals surface area contributed by atoms with Crippen molar-refractivity contribution in [2.24, 2.45) is 5.41 Å². The highest BCUT2D eigenvalue weighted by Crippen LogP contribution is 2.44. The molecule has 0 bridgehead atoms. The van der Waals surface area contributed by atoms with E-state index in [1.54, 1.807) is 6.92 Å². The van der Waals surface area contributed by atoms with E-state index in [4.69, 9.17) is 4.74 Å². The molecule has 33 heavy (non-hydrogen) atoms. The molecule has 0 aliphatic heterocycles. The third kappa shape index (κ3) is 5.72. The van der Waals surface area contributed by atoms with Gasteiger partial charge in [-0.2, -0.15) is 0 Å². The standard InChI is InChI=1S/C26H32N2O5/c1-5-21(24(31)28-22(14-23(29)30)26(2,3)4)27-25(32)33-15-20-18-12-8-6-10-16(18)17-11-7-9-13-19(17)20/h6-13,20-22H,5,14-15H2,1-4H3,(H,27,32)(H,28,31)(H,29,30). The van der Waals surface area contributed by atoms with Gasteiger partial charge < -0.3 is 20.5 Å². The molecule has 7 nitrogen and oxygen atoms in total. The fourth-order valence-electron chi connectivity index (χ4n) is 4.16. The van der Waals surface area contributed by atoms with Crippen molar-refractivity contribution < 1.29 is 24.2 Å². The monoisotopic (exact) mass is 452 g/mol. The van der Waals surface area contributed by atoms with Crippen molar-refractivity contribution >= 4 is 18.0 Å². The number of hydrogen-bond donors (Lipinski definition) is 3. The lowest BCUT2D eigenvalue weighted by atomic mass is 9.84. The number of rotatable bonds is 8. The van der Waals surface area contributed by atoms with Gasteiger partial charge in [0, 0.05) is 12.0 Å². The van der Waals surface area contributed by atoms with Crippen LogP contribution in [0.5, 0.6) is 0 Å². The number of hydrogen-bond acceptors (Lipinski definition) is 4. The van der Waals surface area contributed by atoms with Crippen molar-refractivity contribution in [3.8, 4) is 11.1 Å². The summed E-state index contributed by atoms with van der Waals surface area (Å²) in [6.45, 7) is 7.52. The van der Waals surface area contributed by atoms with Crippen LogP contribution in [0.15, 0.2) is 48.5 Å². The molecule has 2 aromatic rings. The highest BCUT2D eigenvalue weighted by Gasteiger charge is 2.32. The smallest absolute Gasteiger partial charge is 0.407 e. The first-order valence-corrected chi connectivity index (χ1v) is 11.3. The molecule has 2 unspecified atom stereocenters. The van der Waals surface area contributed by atoms with Crippen LogP contribution in [0.25, 0.3) is 11.1 Å². The summed E-state index contributed by atoms with van der Waals surface area (Å²) in [6.07, 6.45) is -0.527. The fraction of sp³-hybridized carbons (Fsp3) is 0.423. The third-order valence-electron chi connectivity index (χ3n) is 6.10. The van der Waals surface area contributed by atoms with E-state index in [9.17, 15) is 19.5 Å². The molecule has 0 saturated heterocycles. The van der Waals surface area contributed by atoms with Gasteiger partial charge in [-0.3, -0.25) is 9.59 Å². The van der Waals surface area contributed by atoms with E-state index in [1.807, 2.05) is 57.2 Å². The average Bonchev–Trinajstić information content (AvgIpc) is 3.08. The predicted octanol–water partition coefficient (Wildman–Crippen LogP) is 4.31. The van der Waals surface area contributed by atoms with E-state index < -0.39 is 35.5 Å². The molecule has 2 aromatic carbocycles. The van der Waals surface area contributed by atoms with E-state index in [2.05, 4.69) is 22.8 Å². The second kappa shape index (κ2) is 10.1. The minimum atomic E-state index is -0.993. The Labute approximate surface area is 194 Å². The number of fused-ring (bicyclic) bond motifs is 3. The van der Waals surface area contributed by atoms with Crippen molar-refractivity contribution in [3.05, 3.63) is 59.7 Å². The summed E-state index contributed by atoms with van der Waals surface area (Å²) in [5.41, 5.74) is 4.05. The maximum atomic E-state index is 12.8. The molecule has 2 amide bonds. The SMILES string of the molecule is CCC(NC(=O)OCC1c2ccccc2-c2ccccc21)C(=O)NC(CC(=O)O)C(C)(C)C. The van der Waals surface area contributed by atoms with Crippen molar-refractivity contribution in [2.75, 3.05) is 6.61 Å². The van der Waals surface area contributed by atoms with Crippen LogP contribution in [0, 0.1) is 5.41 Å². The van der Waals surface area contributed by atoms with Crippen LogP contribution in [0.3, 0.4) is 0 Å². The molecule has 2 atom stereocenters. The minimum Gasteiger partial charge on any atom is -0.481 e. The van der Waals surface area contributed by atoms with Gasteiger partial charge in [-0.25, -0.2) is 4.79 Å². The summed E-state index contributed by atoms with van der Waals surface area (Å²) in [6, 6.07) is 14.7. The Morgan fingerprint density at radius 1 is 0.970 bits per heavy atom. The van der Waals surface area contributed by atoms with E-state index in [0.717, 1.165) is 22.3 Å². The normalized spacial score (nSPS) is 14.5. The molecule has 3 N–H and O–H groups in total. The largest absolute Gasteiger partial charge is 0.481 e. The molecule has 0 heterocycles. The Balaban J connectivity index is 1.63. The average molecular weight is 453 g/mol. The zero-order valence-corrected chi connectivity index (χ0v) is 19.6. The van der Waals surface area contributed by atoms with Crippen molar-refractivity contribution in [3.63, 3.8) is 0 Å². The fourth-order valence-corrected chi connectivity index (χ4v) is 4.16. The molecule has 0 radical (unpaired) electrons. The second-order valence-corrected chi connectivity index (χ2v) is 9.46. The number of amides is 2. The van der Waals surface area contributed by atoms with Gasteiger partial charge in [0.25, 0.3) is 0 Å². The zero-order chi connectivity index (χ0) is 24.2. The summed E-state index contributed by atoms with van der Waals surface area (Å²) < 4.78 is 5.53. The molecular weight excluding hydrogens is 420 g/mol.